The number of nitrogens with zero attached hydrogens (tertiary/aromatic N) is 2. The maximum Gasteiger partial charge on any atom is 0.107 e. The molecule has 1 atom stereocenters. The quantitative estimate of drug-likeness (QED) is 0.855. The number of rotatable bonds is 3. The number of hydrogen-bond acceptors (Lipinski definition) is 5. The van der Waals surface area contributed by atoms with Gasteiger partial charge in [0.2, 0.25) is 0 Å². The van der Waals surface area contributed by atoms with Crippen molar-refractivity contribution in [3.05, 3.63) is 15.6 Å². The molecule has 2 N–H and O–H groups in total. The van der Waals surface area contributed by atoms with Crippen molar-refractivity contribution in [2.75, 3.05) is 26.3 Å². The van der Waals surface area contributed by atoms with Crippen LogP contribution in [0.5, 0.6) is 0 Å². The van der Waals surface area contributed by atoms with Gasteiger partial charge in [0.1, 0.15) is 5.01 Å². The summed E-state index contributed by atoms with van der Waals surface area (Å²) < 4.78 is 5.43. The van der Waals surface area contributed by atoms with Crippen LogP contribution >= 0.6 is 11.3 Å². The Kier molecular flexibility index (Phi) is 3.91. The molecule has 0 spiro atoms. The first-order valence-corrected chi connectivity index (χ1v) is 6.47. The average molecular weight is 241 g/mol. The molecule has 1 aliphatic heterocycles. The van der Waals surface area contributed by atoms with Crippen molar-refractivity contribution < 1.29 is 4.74 Å². The zero-order valence-corrected chi connectivity index (χ0v) is 10.7. The second-order valence-corrected chi connectivity index (χ2v) is 5.47. The van der Waals surface area contributed by atoms with E-state index in [0.717, 1.165) is 32.0 Å². The molecule has 1 aliphatic rings. The number of aryl methyl sites for hydroxylation is 2. The van der Waals surface area contributed by atoms with Crippen LogP contribution in [0.1, 0.15) is 15.6 Å². The van der Waals surface area contributed by atoms with Gasteiger partial charge >= 0.3 is 0 Å². The molecule has 1 unspecified atom stereocenters. The topological polar surface area (TPSA) is 51.4 Å². The fraction of sp³-hybridized carbons (Fsp3) is 0.727. The first kappa shape index (κ1) is 12.0. The summed E-state index contributed by atoms with van der Waals surface area (Å²) in [6, 6.07) is 0.346. The first-order chi connectivity index (χ1) is 7.70. The Bertz CT molecular complexity index is 333. The zero-order chi connectivity index (χ0) is 11.5. The lowest BCUT2D eigenvalue weighted by atomic mass is 10.2. The van der Waals surface area contributed by atoms with Crippen molar-refractivity contribution in [3.63, 3.8) is 0 Å². The minimum Gasteiger partial charge on any atom is -0.378 e. The standard InChI is InChI=1S/C11H19N3OS/c1-8-9(2)16-11(13-8)6-14-3-4-15-7-10(14)5-12/h10H,3-7,12H2,1-2H3. The van der Waals surface area contributed by atoms with Crippen LogP contribution in [0.2, 0.25) is 0 Å². The summed E-state index contributed by atoms with van der Waals surface area (Å²) in [5.41, 5.74) is 6.89. The Labute approximate surface area is 100 Å². The molecular formula is C11H19N3OS. The van der Waals surface area contributed by atoms with Crippen LogP contribution in [-0.4, -0.2) is 42.2 Å². The Hall–Kier alpha value is -0.490. The van der Waals surface area contributed by atoms with Crippen molar-refractivity contribution >= 4 is 11.3 Å². The Morgan fingerprint density at radius 2 is 2.38 bits per heavy atom. The molecule has 2 heterocycles. The van der Waals surface area contributed by atoms with Gasteiger partial charge in [0.05, 0.1) is 25.5 Å². The van der Waals surface area contributed by atoms with Crippen molar-refractivity contribution in [2.45, 2.75) is 26.4 Å². The van der Waals surface area contributed by atoms with Crippen LogP contribution in [0.25, 0.3) is 0 Å². The Balaban J connectivity index is 2.02. The number of ether oxygens (including phenoxy) is 1. The molecule has 0 saturated carbocycles. The molecule has 1 aromatic heterocycles. The van der Waals surface area contributed by atoms with E-state index in [2.05, 4.69) is 23.7 Å². The number of thiazole rings is 1. The van der Waals surface area contributed by atoms with Gasteiger partial charge in [-0.15, -0.1) is 11.3 Å². The summed E-state index contributed by atoms with van der Waals surface area (Å²) in [7, 11) is 0. The van der Waals surface area contributed by atoms with E-state index in [1.165, 1.54) is 9.88 Å². The van der Waals surface area contributed by atoms with Crippen molar-refractivity contribution in [3.8, 4) is 0 Å². The van der Waals surface area contributed by atoms with E-state index < -0.39 is 0 Å². The molecular weight excluding hydrogens is 222 g/mol. The number of aromatic nitrogens is 1. The van der Waals surface area contributed by atoms with E-state index >= 15 is 0 Å². The van der Waals surface area contributed by atoms with Gasteiger partial charge in [-0.1, -0.05) is 0 Å². The Morgan fingerprint density at radius 1 is 1.56 bits per heavy atom. The van der Waals surface area contributed by atoms with Crippen LogP contribution in [0.3, 0.4) is 0 Å². The predicted octanol–water partition coefficient (Wildman–Crippen LogP) is 0.919. The van der Waals surface area contributed by atoms with Crippen molar-refractivity contribution in [2.24, 2.45) is 5.73 Å². The highest BCUT2D eigenvalue weighted by atomic mass is 32.1. The van der Waals surface area contributed by atoms with Gasteiger partial charge in [0.25, 0.3) is 0 Å². The smallest absolute Gasteiger partial charge is 0.107 e. The summed E-state index contributed by atoms with van der Waals surface area (Å²) in [5, 5.41) is 1.19. The third-order valence-corrected chi connectivity index (χ3v) is 4.09. The van der Waals surface area contributed by atoms with Crippen LogP contribution in [0.15, 0.2) is 0 Å². The summed E-state index contributed by atoms with van der Waals surface area (Å²) in [4.78, 5) is 8.26. The van der Waals surface area contributed by atoms with E-state index in [1.807, 2.05) is 0 Å². The molecule has 1 aromatic rings. The minimum atomic E-state index is 0.346. The highest BCUT2D eigenvalue weighted by Crippen LogP contribution is 2.19. The number of hydrogen-bond donors (Lipinski definition) is 1. The van der Waals surface area contributed by atoms with Gasteiger partial charge in [-0.25, -0.2) is 4.98 Å². The third-order valence-electron chi connectivity index (χ3n) is 3.03. The van der Waals surface area contributed by atoms with Crippen molar-refractivity contribution in [1.82, 2.24) is 9.88 Å². The minimum absolute atomic E-state index is 0.346. The summed E-state index contributed by atoms with van der Waals surface area (Å²) in [5.74, 6) is 0. The lowest BCUT2D eigenvalue weighted by Crippen LogP contribution is -2.48. The fourth-order valence-corrected chi connectivity index (χ4v) is 2.85. The summed E-state index contributed by atoms with van der Waals surface area (Å²) in [6.07, 6.45) is 0. The molecule has 5 heteroatoms. The molecule has 0 amide bonds. The highest BCUT2D eigenvalue weighted by Gasteiger charge is 2.22. The molecule has 0 aromatic carbocycles. The Morgan fingerprint density at radius 3 is 3.00 bits per heavy atom. The van der Waals surface area contributed by atoms with E-state index in [4.69, 9.17) is 10.5 Å². The lowest BCUT2D eigenvalue weighted by molar-refractivity contribution is -0.00795. The average Bonchev–Trinajstić information content (AvgIpc) is 2.59. The second kappa shape index (κ2) is 5.23. The van der Waals surface area contributed by atoms with Gasteiger partial charge in [0.15, 0.2) is 0 Å². The monoisotopic (exact) mass is 241 g/mol. The zero-order valence-electron chi connectivity index (χ0n) is 9.90. The van der Waals surface area contributed by atoms with E-state index in [1.54, 1.807) is 11.3 Å². The highest BCUT2D eigenvalue weighted by molar-refractivity contribution is 7.11. The fourth-order valence-electron chi connectivity index (χ4n) is 1.89. The van der Waals surface area contributed by atoms with Gasteiger partial charge < -0.3 is 10.5 Å². The lowest BCUT2D eigenvalue weighted by Gasteiger charge is -2.34. The maximum atomic E-state index is 5.74. The van der Waals surface area contributed by atoms with Gasteiger partial charge in [0, 0.05) is 24.0 Å². The molecule has 1 saturated heterocycles. The van der Waals surface area contributed by atoms with E-state index in [-0.39, 0.29) is 0 Å². The summed E-state index contributed by atoms with van der Waals surface area (Å²) >= 11 is 1.79. The van der Waals surface area contributed by atoms with Gasteiger partial charge in [-0.05, 0) is 13.8 Å². The molecule has 0 aliphatic carbocycles. The van der Waals surface area contributed by atoms with Crippen LogP contribution < -0.4 is 5.73 Å². The van der Waals surface area contributed by atoms with Gasteiger partial charge in [-0.2, -0.15) is 0 Å². The number of nitrogens with two attached hydrogens (primary N) is 1. The van der Waals surface area contributed by atoms with E-state index in [9.17, 15) is 0 Å². The van der Waals surface area contributed by atoms with E-state index in [0.29, 0.717) is 12.6 Å². The largest absolute Gasteiger partial charge is 0.378 e. The molecule has 90 valence electrons. The number of morpholine rings is 1. The summed E-state index contributed by atoms with van der Waals surface area (Å²) in [6.45, 7) is 8.26. The van der Waals surface area contributed by atoms with Crippen LogP contribution in [-0.2, 0) is 11.3 Å². The maximum absolute atomic E-state index is 5.74. The normalized spacial score (nSPS) is 22.6. The molecule has 16 heavy (non-hydrogen) atoms. The molecule has 1 fully saturated rings. The SMILES string of the molecule is Cc1nc(CN2CCOCC2CN)sc1C. The molecule has 4 nitrogen and oxygen atoms in total. The molecule has 2 rings (SSSR count). The van der Waals surface area contributed by atoms with Crippen LogP contribution in [0, 0.1) is 13.8 Å². The van der Waals surface area contributed by atoms with Crippen molar-refractivity contribution in [1.29, 1.82) is 0 Å². The third kappa shape index (κ3) is 2.60. The predicted molar refractivity (Wildman–Crippen MR) is 65.7 cm³/mol. The second-order valence-electron chi connectivity index (χ2n) is 4.18. The molecule has 0 radical (unpaired) electrons. The van der Waals surface area contributed by atoms with Crippen LogP contribution in [0.4, 0.5) is 0 Å². The first-order valence-electron chi connectivity index (χ1n) is 5.65. The molecule has 0 bridgehead atoms. The van der Waals surface area contributed by atoms with Gasteiger partial charge in [-0.3, -0.25) is 4.90 Å².